The highest BCUT2D eigenvalue weighted by molar-refractivity contribution is 6.30. The second-order valence-corrected chi connectivity index (χ2v) is 4.11. The minimum Gasteiger partial charge on any atom is -0.317 e. The highest BCUT2D eigenvalue weighted by Gasteiger charge is 2.30. The van der Waals surface area contributed by atoms with Crippen LogP contribution in [0.4, 0.5) is 5.82 Å². The van der Waals surface area contributed by atoms with Crippen molar-refractivity contribution < 1.29 is 4.79 Å². The molecule has 1 aromatic rings. The predicted molar refractivity (Wildman–Crippen MR) is 65.4 cm³/mol. The third kappa shape index (κ3) is 2.93. The van der Waals surface area contributed by atoms with Crippen LogP contribution in [0.25, 0.3) is 0 Å². The van der Waals surface area contributed by atoms with Crippen molar-refractivity contribution in [2.45, 2.75) is 32.2 Å². The minimum atomic E-state index is -0.843. The normalized spacial score (nSPS) is 11.2. The second kappa shape index (κ2) is 5.27. The van der Waals surface area contributed by atoms with Crippen LogP contribution >= 0.6 is 11.6 Å². The molecule has 0 aliphatic carbocycles. The van der Waals surface area contributed by atoms with Gasteiger partial charge in [0.2, 0.25) is 5.91 Å². The Labute approximate surface area is 100 Å². The fraction of sp³-hybridized carbons (Fsp3) is 0.455. The van der Waals surface area contributed by atoms with E-state index in [0.717, 1.165) is 0 Å². The molecule has 4 nitrogen and oxygen atoms in total. The van der Waals surface area contributed by atoms with Crippen LogP contribution in [0, 0.1) is 0 Å². The number of hydrogen-bond acceptors (Lipinski definition) is 3. The number of nitrogens with zero attached hydrogens (tertiary/aromatic N) is 1. The number of amides is 1. The van der Waals surface area contributed by atoms with Crippen molar-refractivity contribution in [3.05, 3.63) is 23.4 Å². The minimum absolute atomic E-state index is 0.229. The van der Waals surface area contributed by atoms with E-state index in [2.05, 4.69) is 10.3 Å². The van der Waals surface area contributed by atoms with Gasteiger partial charge in [-0.25, -0.2) is 4.98 Å². The van der Waals surface area contributed by atoms with Crippen molar-refractivity contribution in [1.29, 1.82) is 0 Å². The Morgan fingerprint density at radius 3 is 2.69 bits per heavy atom. The van der Waals surface area contributed by atoms with Crippen LogP contribution in [0.1, 0.15) is 26.7 Å². The third-order valence-corrected chi connectivity index (χ3v) is 2.91. The zero-order valence-electron chi connectivity index (χ0n) is 9.46. The number of carbonyl (C=O) groups excluding carboxylic acids is 1. The van der Waals surface area contributed by atoms with Crippen LogP contribution in [0.3, 0.4) is 0 Å². The quantitative estimate of drug-likeness (QED) is 0.849. The van der Waals surface area contributed by atoms with Gasteiger partial charge in [-0.3, -0.25) is 4.79 Å². The fourth-order valence-corrected chi connectivity index (χ4v) is 1.44. The molecule has 0 atom stereocenters. The van der Waals surface area contributed by atoms with Gasteiger partial charge >= 0.3 is 0 Å². The molecule has 1 rings (SSSR count). The van der Waals surface area contributed by atoms with E-state index in [1.165, 1.54) is 6.20 Å². The summed E-state index contributed by atoms with van der Waals surface area (Å²) in [6, 6.07) is 3.23. The van der Waals surface area contributed by atoms with Gasteiger partial charge in [-0.15, -0.1) is 0 Å². The van der Waals surface area contributed by atoms with Gasteiger partial charge in [0.1, 0.15) is 5.82 Å². The molecule has 5 heteroatoms. The van der Waals surface area contributed by atoms with Crippen molar-refractivity contribution in [3.63, 3.8) is 0 Å². The van der Waals surface area contributed by atoms with Crippen molar-refractivity contribution in [3.8, 4) is 0 Å². The van der Waals surface area contributed by atoms with Crippen molar-refractivity contribution >= 4 is 23.3 Å². The van der Waals surface area contributed by atoms with Gasteiger partial charge < -0.3 is 11.1 Å². The molecule has 3 N–H and O–H groups in total. The molecule has 1 amide bonds. The Bertz CT molecular complexity index is 377. The topological polar surface area (TPSA) is 68.0 Å². The first-order valence-electron chi connectivity index (χ1n) is 5.23. The van der Waals surface area contributed by atoms with E-state index in [0.29, 0.717) is 23.7 Å². The maximum Gasteiger partial charge on any atom is 0.245 e. The SMILES string of the molecule is CCC(N)(CC)C(=O)Nc1cc(Cl)ccn1. The Kier molecular flexibility index (Phi) is 4.26. The molecule has 0 radical (unpaired) electrons. The number of hydrogen-bond donors (Lipinski definition) is 2. The number of aromatic nitrogens is 1. The van der Waals surface area contributed by atoms with Gasteiger partial charge in [0, 0.05) is 11.2 Å². The molecular formula is C11H16ClN3O. The Balaban J connectivity index is 2.78. The van der Waals surface area contributed by atoms with Gasteiger partial charge in [-0.2, -0.15) is 0 Å². The lowest BCUT2D eigenvalue weighted by molar-refractivity contribution is -0.121. The molecule has 0 bridgehead atoms. The maximum atomic E-state index is 11.9. The number of carbonyl (C=O) groups is 1. The molecule has 0 saturated heterocycles. The van der Waals surface area contributed by atoms with Crippen molar-refractivity contribution in [1.82, 2.24) is 4.98 Å². The van der Waals surface area contributed by atoms with Crippen LogP contribution in [0.15, 0.2) is 18.3 Å². The predicted octanol–water partition coefficient (Wildman–Crippen LogP) is 2.19. The second-order valence-electron chi connectivity index (χ2n) is 3.68. The van der Waals surface area contributed by atoms with E-state index in [1.54, 1.807) is 12.1 Å². The smallest absolute Gasteiger partial charge is 0.245 e. The summed E-state index contributed by atoms with van der Waals surface area (Å²) < 4.78 is 0. The summed E-state index contributed by atoms with van der Waals surface area (Å²) >= 11 is 5.79. The molecule has 1 heterocycles. The monoisotopic (exact) mass is 241 g/mol. The van der Waals surface area contributed by atoms with Crippen molar-refractivity contribution in [2.24, 2.45) is 5.73 Å². The lowest BCUT2D eigenvalue weighted by Crippen LogP contribution is -2.50. The van der Waals surface area contributed by atoms with E-state index in [-0.39, 0.29) is 5.91 Å². The van der Waals surface area contributed by atoms with Crippen LogP contribution in [-0.2, 0) is 4.79 Å². The van der Waals surface area contributed by atoms with E-state index in [4.69, 9.17) is 17.3 Å². The number of nitrogens with one attached hydrogen (secondary N) is 1. The average molecular weight is 242 g/mol. The summed E-state index contributed by atoms with van der Waals surface area (Å²) in [5.74, 6) is 0.196. The molecule has 1 aromatic heterocycles. The Morgan fingerprint density at radius 2 is 2.19 bits per heavy atom. The first kappa shape index (κ1) is 12.9. The first-order valence-corrected chi connectivity index (χ1v) is 5.61. The highest BCUT2D eigenvalue weighted by Crippen LogP contribution is 2.16. The van der Waals surface area contributed by atoms with E-state index in [1.807, 2.05) is 13.8 Å². The molecule has 0 spiro atoms. The summed E-state index contributed by atoms with van der Waals surface area (Å²) in [7, 11) is 0. The summed E-state index contributed by atoms with van der Waals surface area (Å²) in [6.45, 7) is 3.77. The zero-order chi connectivity index (χ0) is 12.2. The van der Waals surface area contributed by atoms with Crippen LogP contribution in [0.2, 0.25) is 5.02 Å². The summed E-state index contributed by atoms with van der Waals surface area (Å²) in [5, 5.41) is 3.19. The van der Waals surface area contributed by atoms with E-state index >= 15 is 0 Å². The number of rotatable bonds is 4. The van der Waals surface area contributed by atoms with Gasteiger partial charge in [-0.05, 0) is 25.0 Å². The lowest BCUT2D eigenvalue weighted by Gasteiger charge is -2.24. The van der Waals surface area contributed by atoms with Gasteiger partial charge in [0.15, 0.2) is 0 Å². The Hall–Kier alpha value is -1.13. The number of pyridine rings is 1. The standard InChI is InChI=1S/C11H16ClN3O/c1-3-11(13,4-2)10(16)15-9-7-8(12)5-6-14-9/h5-7H,3-4,13H2,1-2H3,(H,14,15,16). The van der Waals surface area contributed by atoms with E-state index < -0.39 is 5.54 Å². The molecule has 0 aliphatic rings. The Morgan fingerprint density at radius 1 is 1.56 bits per heavy atom. The van der Waals surface area contributed by atoms with Crippen LogP contribution in [-0.4, -0.2) is 16.4 Å². The molecule has 0 saturated carbocycles. The molecule has 0 aromatic carbocycles. The number of nitrogens with two attached hydrogens (primary N) is 1. The van der Waals surface area contributed by atoms with Gasteiger partial charge in [0.25, 0.3) is 0 Å². The molecule has 0 unspecified atom stereocenters. The third-order valence-electron chi connectivity index (χ3n) is 2.68. The molecule has 0 fully saturated rings. The van der Waals surface area contributed by atoms with Gasteiger partial charge in [-0.1, -0.05) is 25.4 Å². The maximum absolute atomic E-state index is 11.9. The average Bonchev–Trinajstić information content (AvgIpc) is 2.28. The summed E-state index contributed by atoms with van der Waals surface area (Å²) in [6.07, 6.45) is 2.69. The van der Waals surface area contributed by atoms with Crippen LogP contribution < -0.4 is 11.1 Å². The number of halogens is 1. The fourth-order valence-electron chi connectivity index (χ4n) is 1.29. The zero-order valence-corrected chi connectivity index (χ0v) is 10.2. The first-order chi connectivity index (χ1) is 7.51. The largest absolute Gasteiger partial charge is 0.317 e. The van der Waals surface area contributed by atoms with Crippen LogP contribution in [0.5, 0.6) is 0 Å². The lowest BCUT2D eigenvalue weighted by atomic mass is 9.93. The number of anilines is 1. The molecular weight excluding hydrogens is 226 g/mol. The van der Waals surface area contributed by atoms with E-state index in [9.17, 15) is 4.79 Å². The molecule has 88 valence electrons. The summed E-state index contributed by atoms with van der Waals surface area (Å²) in [4.78, 5) is 15.9. The molecule has 16 heavy (non-hydrogen) atoms. The van der Waals surface area contributed by atoms with Crippen molar-refractivity contribution in [2.75, 3.05) is 5.32 Å². The van der Waals surface area contributed by atoms with Gasteiger partial charge in [0.05, 0.1) is 5.54 Å². The summed E-state index contributed by atoms with van der Waals surface area (Å²) in [5.41, 5.74) is 5.11. The molecule has 0 aliphatic heterocycles. The highest BCUT2D eigenvalue weighted by atomic mass is 35.5.